The average Bonchev–Trinajstić information content (AvgIpc) is 2.62. The van der Waals surface area contributed by atoms with Crippen LogP contribution in [0, 0.1) is 0 Å². The van der Waals surface area contributed by atoms with Crippen molar-refractivity contribution in [2.45, 2.75) is 13.0 Å². The molecular weight excluding hydrogens is 178 g/mol. The van der Waals surface area contributed by atoms with Gasteiger partial charge in [-0.3, -0.25) is 0 Å². The van der Waals surface area contributed by atoms with Crippen LogP contribution in [-0.4, -0.2) is 29.9 Å². The first-order chi connectivity index (χ1) is 6.86. The van der Waals surface area contributed by atoms with Gasteiger partial charge in [0.15, 0.2) is 0 Å². The zero-order valence-corrected chi connectivity index (χ0v) is 8.11. The maximum atomic E-state index is 9.15. The quantitative estimate of drug-likeness (QED) is 0.736. The number of β-amino-alcohol motifs (C(OH)–C–C–N with tert-alkyl or cyclic N) is 1. The van der Waals surface area contributed by atoms with E-state index in [9.17, 15) is 0 Å². The normalized spacial score (nSPS) is 14.6. The largest absolute Gasteiger partial charge is 0.395 e. The Bertz CT molecular complexity index is 325. The third-order valence-electron chi connectivity index (χ3n) is 2.76. The SMILES string of the molecule is OCCN1CCc2c(CO)cccc21. The van der Waals surface area contributed by atoms with E-state index in [2.05, 4.69) is 11.0 Å². The van der Waals surface area contributed by atoms with Gasteiger partial charge in [0.1, 0.15) is 0 Å². The highest BCUT2D eigenvalue weighted by Gasteiger charge is 2.20. The van der Waals surface area contributed by atoms with E-state index in [1.807, 2.05) is 12.1 Å². The molecule has 0 saturated heterocycles. The Morgan fingerprint density at radius 1 is 1.29 bits per heavy atom. The van der Waals surface area contributed by atoms with Gasteiger partial charge in [-0.1, -0.05) is 12.1 Å². The van der Waals surface area contributed by atoms with Gasteiger partial charge in [0.25, 0.3) is 0 Å². The molecule has 2 N–H and O–H groups in total. The summed E-state index contributed by atoms with van der Waals surface area (Å²) in [5, 5.41) is 18.0. The predicted octanol–water partition coefficient (Wildman–Crippen LogP) is 0.534. The molecule has 0 amide bonds. The first-order valence-corrected chi connectivity index (χ1v) is 4.94. The fourth-order valence-corrected chi connectivity index (χ4v) is 2.07. The molecule has 0 aromatic heterocycles. The van der Waals surface area contributed by atoms with Crippen LogP contribution in [0.1, 0.15) is 11.1 Å². The fourth-order valence-electron chi connectivity index (χ4n) is 2.07. The summed E-state index contributed by atoms with van der Waals surface area (Å²) in [6.07, 6.45) is 0.978. The minimum absolute atomic E-state index is 0.107. The Balaban J connectivity index is 2.31. The standard InChI is InChI=1S/C11H15NO2/c13-7-6-12-5-4-10-9(8-14)2-1-3-11(10)12/h1-3,13-14H,4-8H2. The van der Waals surface area contributed by atoms with E-state index in [-0.39, 0.29) is 13.2 Å². The molecular formula is C11H15NO2. The smallest absolute Gasteiger partial charge is 0.0685 e. The van der Waals surface area contributed by atoms with Crippen LogP contribution >= 0.6 is 0 Å². The minimum atomic E-state index is 0.107. The minimum Gasteiger partial charge on any atom is -0.395 e. The maximum Gasteiger partial charge on any atom is 0.0685 e. The highest BCUT2D eigenvalue weighted by molar-refractivity contribution is 5.60. The van der Waals surface area contributed by atoms with Gasteiger partial charge in [-0.25, -0.2) is 0 Å². The number of aliphatic hydroxyl groups is 2. The van der Waals surface area contributed by atoms with Crippen molar-refractivity contribution in [3.05, 3.63) is 29.3 Å². The monoisotopic (exact) mass is 193 g/mol. The Morgan fingerprint density at radius 2 is 2.14 bits per heavy atom. The van der Waals surface area contributed by atoms with E-state index in [1.54, 1.807) is 0 Å². The second-order valence-corrected chi connectivity index (χ2v) is 3.53. The molecule has 0 aliphatic carbocycles. The van der Waals surface area contributed by atoms with E-state index >= 15 is 0 Å². The van der Waals surface area contributed by atoms with Gasteiger partial charge >= 0.3 is 0 Å². The fraction of sp³-hybridized carbons (Fsp3) is 0.455. The van der Waals surface area contributed by atoms with E-state index < -0.39 is 0 Å². The van der Waals surface area contributed by atoms with E-state index in [0.717, 1.165) is 18.5 Å². The summed E-state index contributed by atoms with van der Waals surface area (Å²) in [5.74, 6) is 0. The third kappa shape index (κ3) is 1.49. The molecule has 0 atom stereocenters. The molecule has 3 heteroatoms. The van der Waals surface area contributed by atoms with Crippen molar-refractivity contribution in [1.82, 2.24) is 0 Å². The summed E-state index contributed by atoms with van der Waals surface area (Å²) < 4.78 is 0. The molecule has 1 aromatic rings. The highest BCUT2D eigenvalue weighted by Crippen LogP contribution is 2.30. The molecule has 1 aromatic carbocycles. The number of hydrogen-bond donors (Lipinski definition) is 2. The van der Waals surface area contributed by atoms with Crippen molar-refractivity contribution in [3.8, 4) is 0 Å². The molecule has 2 rings (SSSR count). The van der Waals surface area contributed by atoms with Crippen molar-refractivity contribution in [2.75, 3.05) is 24.6 Å². The average molecular weight is 193 g/mol. The van der Waals surface area contributed by atoms with Gasteiger partial charge in [0.2, 0.25) is 0 Å². The number of nitrogens with zero attached hydrogens (tertiary/aromatic N) is 1. The number of rotatable bonds is 3. The molecule has 14 heavy (non-hydrogen) atoms. The molecule has 0 spiro atoms. The van der Waals surface area contributed by atoms with Gasteiger partial charge in [0.05, 0.1) is 13.2 Å². The first-order valence-electron chi connectivity index (χ1n) is 4.94. The Labute approximate surface area is 83.6 Å². The van der Waals surface area contributed by atoms with Crippen molar-refractivity contribution >= 4 is 5.69 Å². The second kappa shape index (κ2) is 3.98. The van der Waals surface area contributed by atoms with Crippen molar-refractivity contribution < 1.29 is 10.2 Å². The number of benzene rings is 1. The molecule has 1 aliphatic rings. The zero-order valence-electron chi connectivity index (χ0n) is 8.11. The van der Waals surface area contributed by atoms with Gasteiger partial charge < -0.3 is 15.1 Å². The van der Waals surface area contributed by atoms with Gasteiger partial charge in [-0.15, -0.1) is 0 Å². The topological polar surface area (TPSA) is 43.7 Å². The molecule has 1 heterocycles. The summed E-state index contributed by atoms with van der Waals surface area (Å²) in [5.41, 5.74) is 3.43. The summed E-state index contributed by atoms with van der Waals surface area (Å²) in [6, 6.07) is 5.97. The highest BCUT2D eigenvalue weighted by atomic mass is 16.3. The summed E-state index contributed by atoms with van der Waals surface area (Å²) >= 11 is 0. The molecule has 0 radical (unpaired) electrons. The first kappa shape index (κ1) is 9.49. The molecule has 0 unspecified atom stereocenters. The molecule has 3 nitrogen and oxygen atoms in total. The van der Waals surface area contributed by atoms with Gasteiger partial charge in [0, 0.05) is 18.8 Å². The lowest BCUT2D eigenvalue weighted by Crippen LogP contribution is -2.23. The number of anilines is 1. The van der Waals surface area contributed by atoms with E-state index in [1.165, 1.54) is 11.3 Å². The molecule has 0 fully saturated rings. The summed E-state index contributed by atoms with van der Waals surface area (Å²) in [6.45, 7) is 1.92. The van der Waals surface area contributed by atoms with Crippen molar-refractivity contribution in [2.24, 2.45) is 0 Å². The number of fused-ring (bicyclic) bond motifs is 1. The van der Waals surface area contributed by atoms with Crippen LogP contribution < -0.4 is 4.90 Å². The Hall–Kier alpha value is -1.06. The summed E-state index contributed by atoms with van der Waals surface area (Å²) in [4.78, 5) is 2.16. The lowest BCUT2D eigenvalue weighted by atomic mass is 10.1. The molecule has 0 bridgehead atoms. The van der Waals surface area contributed by atoms with Crippen LogP contribution in [0.15, 0.2) is 18.2 Å². The number of hydrogen-bond acceptors (Lipinski definition) is 3. The van der Waals surface area contributed by atoms with E-state index in [0.29, 0.717) is 6.54 Å². The van der Waals surface area contributed by atoms with Crippen LogP contribution in [0.3, 0.4) is 0 Å². The van der Waals surface area contributed by atoms with Crippen LogP contribution in [-0.2, 0) is 13.0 Å². The lowest BCUT2D eigenvalue weighted by molar-refractivity contribution is 0.281. The zero-order chi connectivity index (χ0) is 9.97. The Morgan fingerprint density at radius 3 is 2.86 bits per heavy atom. The Kier molecular flexibility index (Phi) is 2.70. The van der Waals surface area contributed by atoms with Gasteiger partial charge in [-0.05, 0) is 23.6 Å². The van der Waals surface area contributed by atoms with Crippen LogP contribution in [0.2, 0.25) is 0 Å². The van der Waals surface area contributed by atoms with Crippen LogP contribution in [0.4, 0.5) is 5.69 Å². The van der Waals surface area contributed by atoms with Crippen molar-refractivity contribution in [1.29, 1.82) is 0 Å². The van der Waals surface area contributed by atoms with Crippen molar-refractivity contribution in [3.63, 3.8) is 0 Å². The van der Waals surface area contributed by atoms with E-state index in [4.69, 9.17) is 10.2 Å². The molecule has 76 valence electrons. The number of aliphatic hydroxyl groups excluding tert-OH is 2. The summed E-state index contributed by atoms with van der Waals surface area (Å²) in [7, 11) is 0. The lowest BCUT2D eigenvalue weighted by Gasteiger charge is -2.17. The predicted molar refractivity (Wildman–Crippen MR) is 55.4 cm³/mol. The van der Waals surface area contributed by atoms with Gasteiger partial charge in [-0.2, -0.15) is 0 Å². The van der Waals surface area contributed by atoms with Crippen LogP contribution in [0.5, 0.6) is 0 Å². The second-order valence-electron chi connectivity index (χ2n) is 3.53. The molecule has 1 aliphatic heterocycles. The third-order valence-corrected chi connectivity index (χ3v) is 2.76. The maximum absolute atomic E-state index is 9.15. The molecule has 0 saturated carbocycles. The van der Waals surface area contributed by atoms with Crippen LogP contribution in [0.25, 0.3) is 0 Å².